The largest absolute Gasteiger partial charge is 0.485 e. The maximum atomic E-state index is 13.8. The molecule has 5 heteroatoms. The lowest BCUT2D eigenvalue weighted by molar-refractivity contribution is 0.0638. The third-order valence-electron chi connectivity index (χ3n) is 3.34. The zero-order valence-electron chi connectivity index (χ0n) is 10.3. The monoisotopic (exact) mass is 296 g/mol. The van der Waals surface area contributed by atoms with E-state index in [-0.39, 0.29) is 12.0 Å². The molecule has 1 heterocycles. The number of fused-ring (bicyclic) bond motifs is 1. The molecule has 20 heavy (non-hydrogen) atoms. The van der Waals surface area contributed by atoms with Gasteiger partial charge in [0.15, 0.2) is 0 Å². The summed E-state index contributed by atoms with van der Waals surface area (Å²) in [7, 11) is 0. The van der Waals surface area contributed by atoms with Crippen LogP contribution in [0.15, 0.2) is 36.4 Å². The first kappa shape index (κ1) is 13.3. The number of ether oxygens (including phenoxy) is 1. The van der Waals surface area contributed by atoms with Crippen LogP contribution >= 0.6 is 11.6 Å². The molecule has 1 aliphatic heterocycles. The Morgan fingerprint density at radius 1 is 1.10 bits per heavy atom. The van der Waals surface area contributed by atoms with Crippen molar-refractivity contribution in [2.45, 2.75) is 18.6 Å². The molecule has 0 aromatic heterocycles. The van der Waals surface area contributed by atoms with E-state index in [9.17, 15) is 13.9 Å². The molecule has 0 radical (unpaired) electrons. The molecule has 104 valence electrons. The Hall–Kier alpha value is -1.65. The quantitative estimate of drug-likeness (QED) is 0.855. The first-order valence-electron chi connectivity index (χ1n) is 6.13. The molecule has 0 bridgehead atoms. The SMILES string of the molecule is OC1CC(c2cc(F)ccc2F)Oc2ccc(Cl)cc21. The van der Waals surface area contributed by atoms with Crippen molar-refractivity contribution < 1.29 is 18.6 Å². The molecule has 0 aliphatic carbocycles. The van der Waals surface area contributed by atoms with Gasteiger partial charge in [0.25, 0.3) is 0 Å². The molecular formula is C15H11ClF2O2. The highest BCUT2D eigenvalue weighted by atomic mass is 35.5. The highest BCUT2D eigenvalue weighted by Crippen LogP contribution is 2.42. The summed E-state index contributed by atoms with van der Waals surface area (Å²) in [6.07, 6.45) is -1.41. The number of halogens is 3. The van der Waals surface area contributed by atoms with Crippen LogP contribution in [0, 0.1) is 11.6 Å². The lowest BCUT2D eigenvalue weighted by atomic mass is 9.94. The standard InChI is InChI=1S/C15H11ClF2O2/c16-8-1-4-14-11(5-8)13(19)7-15(20-14)10-6-9(17)2-3-12(10)18/h1-6,13,15,19H,7H2. The van der Waals surface area contributed by atoms with Gasteiger partial charge in [-0.05, 0) is 36.4 Å². The molecule has 2 aromatic rings. The average molecular weight is 297 g/mol. The molecule has 0 amide bonds. The van der Waals surface area contributed by atoms with Gasteiger partial charge in [-0.1, -0.05) is 11.6 Å². The Kier molecular flexibility index (Phi) is 3.36. The van der Waals surface area contributed by atoms with E-state index in [1.807, 2.05) is 0 Å². The minimum absolute atomic E-state index is 0.102. The Morgan fingerprint density at radius 3 is 2.70 bits per heavy atom. The molecule has 2 nitrogen and oxygen atoms in total. The predicted octanol–water partition coefficient (Wildman–Crippen LogP) is 4.18. The molecular weight excluding hydrogens is 286 g/mol. The fourth-order valence-corrected chi connectivity index (χ4v) is 2.55. The smallest absolute Gasteiger partial charge is 0.130 e. The van der Waals surface area contributed by atoms with Crippen LogP contribution in [0.3, 0.4) is 0 Å². The summed E-state index contributed by atoms with van der Waals surface area (Å²) in [6, 6.07) is 8.04. The van der Waals surface area contributed by atoms with Gasteiger partial charge >= 0.3 is 0 Å². The van der Waals surface area contributed by atoms with Crippen molar-refractivity contribution in [2.75, 3.05) is 0 Å². The maximum absolute atomic E-state index is 13.8. The summed E-state index contributed by atoms with van der Waals surface area (Å²) in [4.78, 5) is 0. The topological polar surface area (TPSA) is 29.5 Å². The predicted molar refractivity (Wildman–Crippen MR) is 70.8 cm³/mol. The van der Waals surface area contributed by atoms with E-state index >= 15 is 0 Å². The van der Waals surface area contributed by atoms with Crippen molar-refractivity contribution in [3.8, 4) is 5.75 Å². The molecule has 2 aromatic carbocycles. The van der Waals surface area contributed by atoms with E-state index in [0.29, 0.717) is 16.3 Å². The van der Waals surface area contributed by atoms with Gasteiger partial charge < -0.3 is 9.84 Å². The molecule has 2 unspecified atom stereocenters. The minimum atomic E-state index is -0.829. The van der Waals surface area contributed by atoms with Crippen molar-refractivity contribution in [3.63, 3.8) is 0 Å². The van der Waals surface area contributed by atoms with Gasteiger partial charge in [-0.15, -0.1) is 0 Å². The van der Waals surface area contributed by atoms with Gasteiger partial charge in [0.1, 0.15) is 23.5 Å². The summed E-state index contributed by atoms with van der Waals surface area (Å²) in [5, 5.41) is 10.6. The van der Waals surface area contributed by atoms with Crippen LogP contribution in [0.25, 0.3) is 0 Å². The van der Waals surface area contributed by atoms with Crippen LogP contribution < -0.4 is 4.74 Å². The van der Waals surface area contributed by atoms with Crippen LogP contribution in [0.1, 0.15) is 29.8 Å². The Labute approximate surface area is 119 Å². The van der Waals surface area contributed by atoms with Gasteiger partial charge in [-0.3, -0.25) is 0 Å². The third kappa shape index (κ3) is 2.37. The van der Waals surface area contributed by atoms with E-state index in [1.165, 1.54) is 0 Å². The second kappa shape index (κ2) is 5.04. The lowest BCUT2D eigenvalue weighted by Crippen LogP contribution is -2.20. The zero-order chi connectivity index (χ0) is 14.3. The summed E-state index contributed by atoms with van der Waals surface area (Å²) in [5.74, 6) is -0.663. The average Bonchev–Trinajstić information content (AvgIpc) is 2.42. The zero-order valence-corrected chi connectivity index (χ0v) is 11.1. The summed E-state index contributed by atoms with van der Waals surface area (Å²) in [5.41, 5.74) is 0.662. The maximum Gasteiger partial charge on any atom is 0.130 e. The summed E-state index contributed by atoms with van der Waals surface area (Å²) in [6.45, 7) is 0. The highest BCUT2D eigenvalue weighted by Gasteiger charge is 2.30. The van der Waals surface area contributed by atoms with Crippen molar-refractivity contribution in [2.24, 2.45) is 0 Å². The number of benzene rings is 2. The normalized spacial score (nSPS) is 21.2. The Bertz CT molecular complexity index is 660. The number of hydrogen-bond donors (Lipinski definition) is 1. The van der Waals surface area contributed by atoms with Crippen LogP contribution in [0.2, 0.25) is 5.02 Å². The van der Waals surface area contributed by atoms with Crippen molar-refractivity contribution >= 4 is 11.6 Å². The fraction of sp³-hybridized carbons (Fsp3) is 0.200. The molecule has 2 atom stereocenters. The third-order valence-corrected chi connectivity index (χ3v) is 3.58. The van der Waals surface area contributed by atoms with E-state index in [2.05, 4.69) is 0 Å². The molecule has 1 N–H and O–H groups in total. The first-order valence-corrected chi connectivity index (χ1v) is 6.51. The van der Waals surface area contributed by atoms with Crippen LogP contribution in [0.4, 0.5) is 8.78 Å². The number of aliphatic hydroxyl groups excluding tert-OH is 1. The number of aliphatic hydroxyl groups is 1. The highest BCUT2D eigenvalue weighted by molar-refractivity contribution is 6.30. The van der Waals surface area contributed by atoms with Gasteiger partial charge in [0.2, 0.25) is 0 Å². The van der Waals surface area contributed by atoms with Gasteiger partial charge in [-0.25, -0.2) is 8.78 Å². The van der Waals surface area contributed by atoms with Gasteiger partial charge in [0.05, 0.1) is 6.10 Å². The Balaban J connectivity index is 1.99. The van der Waals surface area contributed by atoms with Gasteiger partial charge in [-0.2, -0.15) is 0 Å². The van der Waals surface area contributed by atoms with E-state index in [1.54, 1.807) is 18.2 Å². The fourth-order valence-electron chi connectivity index (χ4n) is 2.37. The van der Waals surface area contributed by atoms with E-state index in [0.717, 1.165) is 18.2 Å². The van der Waals surface area contributed by atoms with Crippen LogP contribution in [-0.4, -0.2) is 5.11 Å². The Morgan fingerprint density at radius 2 is 1.90 bits per heavy atom. The molecule has 0 fully saturated rings. The van der Waals surface area contributed by atoms with Crippen molar-refractivity contribution in [3.05, 3.63) is 64.2 Å². The number of rotatable bonds is 1. The van der Waals surface area contributed by atoms with Crippen molar-refractivity contribution in [1.82, 2.24) is 0 Å². The second-order valence-electron chi connectivity index (χ2n) is 4.71. The molecule has 1 aliphatic rings. The number of hydrogen-bond acceptors (Lipinski definition) is 2. The molecule has 0 saturated heterocycles. The van der Waals surface area contributed by atoms with E-state index < -0.39 is 23.8 Å². The molecule has 0 saturated carbocycles. The van der Waals surface area contributed by atoms with Crippen molar-refractivity contribution in [1.29, 1.82) is 0 Å². The summed E-state index contributed by atoms with van der Waals surface area (Å²) >= 11 is 5.87. The lowest BCUT2D eigenvalue weighted by Gasteiger charge is -2.30. The van der Waals surface area contributed by atoms with E-state index in [4.69, 9.17) is 16.3 Å². The van der Waals surface area contributed by atoms with Crippen LogP contribution in [0.5, 0.6) is 5.75 Å². The van der Waals surface area contributed by atoms with Crippen LogP contribution in [-0.2, 0) is 0 Å². The van der Waals surface area contributed by atoms with Gasteiger partial charge in [0, 0.05) is 22.6 Å². The molecule has 0 spiro atoms. The second-order valence-corrected chi connectivity index (χ2v) is 5.14. The summed E-state index contributed by atoms with van der Waals surface area (Å²) < 4.78 is 32.7. The minimum Gasteiger partial charge on any atom is -0.485 e. The first-order chi connectivity index (χ1) is 9.54. The molecule has 3 rings (SSSR count).